The highest BCUT2D eigenvalue weighted by molar-refractivity contribution is 5.77. The Bertz CT molecular complexity index is 1460. The third-order valence-corrected chi connectivity index (χ3v) is 5.38. The molecule has 178 valence electrons. The predicted molar refractivity (Wildman–Crippen MR) is 119 cm³/mol. The van der Waals surface area contributed by atoms with Crippen LogP contribution in [0.2, 0.25) is 0 Å². The van der Waals surface area contributed by atoms with E-state index in [4.69, 9.17) is 4.74 Å². The SMILES string of the molecule is Cc1ccc(COc2ccc(-c3nc4c(c(=O)[nH]c(=O)n4CC(O)C(F)F)n3C)cc2F)cc1. The third kappa shape index (κ3) is 4.46. The maximum atomic E-state index is 14.8. The summed E-state index contributed by atoms with van der Waals surface area (Å²) >= 11 is 0. The molecule has 0 bridgehead atoms. The number of aromatic nitrogens is 4. The van der Waals surface area contributed by atoms with Gasteiger partial charge in [-0.05, 0) is 30.7 Å². The summed E-state index contributed by atoms with van der Waals surface area (Å²) in [5.74, 6) is -0.538. The van der Waals surface area contributed by atoms with Crippen LogP contribution in [0.3, 0.4) is 0 Å². The number of fused-ring (bicyclic) bond motifs is 1. The van der Waals surface area contributed by atoms with Crippen molar-refractivity contribution < 1.29 is 23.0 Å². The number of aliphatic hydroxyl groups is 1. The molecule has 0 aliphatic heterocycles. The van der Waals surface area contributed by atoms with Gasteiger partial charge in [-0.2, -0.15) is 0 Å². The molecular weight excluding hydrogens is 453 g/mol. The number of nitrogens with one attached hydrogen (secondary N) is 1. The zero-order valence-corrected chi connectivity index (χ0v) is 18.3. The van der Waals surface area contributed by atoms with Gasteiger partial charge in [0.2, 0.25) is 0 Å². The summed E-state index contributed by atoms with van der Waals surface area (Å²) in [5, 5.41) is 9.54. The smallest absolute Gasteiger partial charge is 0.330 e. The molecule has 4 rings (SSSR count). The molecule has 0 saturated carbocycles. The highest BCUT2D eigenvalue weighted by atomic mass is 19.3. The highest BCUT2D eigenvalue weighted by Crippen LogP contribution is 2.27. The zero-order chi connectivity index (χ0) is 24.6. The first kappa shape index (κ1) is 23.3. The molecule has 2 aromatic carbocycles. The van der Waals surface area contributed by atoms with E-state index in [1.165, 1.54) is 23.7 Å². The lowest BCUT2D eigenvalue weighted by atomic mass is 10.1. The topological polar surface area (TPSA) is 102 Å². The first-order valence-corrected chi connectivity index (χ1v) is 10.3. The number of halogens is 3. The van der Waals surface area contributed by atoms with Gasteiger partial charge in [-0.25, -0.2) is 22.9 Å². The van der Waals surface area contributed by atoms with Crippen molar-refractivity contribution in [2.45, 2.75) is 32.6 Å². The zero-order valence-electron chi connectivity index (χ0n) is 18.3. The van der Waals surface area contributed by atoms with Gasteiger partial charge in [-0.1, -0.05) is 29.8 Å². The minimum Gasteiger partial charge on any atom is -0.486 e. The molecule has 8 nitrogen and oxygen atoms in total. The summed E-state index contributed by atoms with van der Waals surface area (Å²) < 4.78 is 48.1. The normalized spacial score (nSPS) is 12.4. The second-order valence-corrected chi connectivity index (χ2v) is 7.86. The minimum absolute atomic E-state index is 0.0119. The van der Waals surface area contributed by atoms with Crippen LogP contribution >= 0.6 is 0 Å². The lowest BCUT2D eigenvalue weighted by molar-refractivity contribution is -0.0136. The van der Waals surface area contributed by atoms with E-state index >= 15 is 0 Å². The first-order chi connectivity index (χ1) is 16.2. The van der Waals surface area contributed by atoms with Crippen LogP contribution in [0.15, 0.2) is 52.1 Å². The van der Waals surface area contributed by atoms with Gasteiger partial charge in [0, 0.05) is 12.6 Å². The van der Waals surface area contributed by atoms with Crippen molar-refractivity contribution in [3.8, 4) is 17.1 Å². The van der Waals surface area contributed by atoms with Crippen molar-refractivity contribution in [2.24, 2.45) is 7.05 Å². The number of benzene rings is 2. The summed E-state index contributed by atoms with van der Waals surface area (Å²) in [6.45, 7) is 1.34. The van der Waals surface area contributed by atoms with E-state index < -0.39 is 36.1 Å². The summed E-state index contributed by atoms with van der Waals surface area (Å²) in [6.07, 6.45) is -5.24. The standard InChI is InChI=1S/C23H21F3N4O4/c1-12-3-5-13(6-4-12)11-34-17-8-7-14(9-15(17)24)20-27-21-18(29(20)2)22(32)28-23(33)30(21)10-16(31)19(25)26/h3-9,16,19,31H,10-11H2,1-2H3,(H,28,32,33). The molecule has 2 heterocycles. The Balaban J connectivity index is 1.69. The molecular formula is C23H21F3N4O4. The van der Waals surface area contributed by atoms with Crippen molar-refractivity contribution in [2.75, 3.05) is 0 Å². The molecule has 0 aliphatic rings. The van der Waals surface area contributed by atoms with Gasteiger partial charge in [0.15, 0.2) is 22.7 Å². The molecule has 1 unspecified atom stereocenters. The monoisotopic (exact) mass is 474 g/mol. The van der Waals surface area contributed by atoms with Gasteiger partial charge in [-0.3, -0.25) is 14.3 Å². The van der Waals surface area contributed by atoms with E-state index in [2.05, 4.69) is 4.98 Å². The predicted octanol–water partition coefficient (Wildman–Crippen LogP) is 2.74. The van der Waals surface area contributed by atoms with Gasteiger partial charge in [0.05, 0.1) is 6.54 Å². The van der Waals surface area contributed by atoms with Crippen LogP contribution in [0.4, 0.5) is 13.2 Å². The largest absolute Gasteiger partial charge is 0.486 e. The van der Waals surface area contributed by atoms with Crippen LogP contribution in [0, 0.1) is 12.7 Å². The van der Waals surface area contributed by atoms with Gasteiger partial charge >= 0.3 is 5.69 Å². The number of rotatable bonds is 7. The number of aliphatic hydroxyl groups excluding tert-OH is 1. The molecule has 11 heteroatoms. The number of ether oxygens (including phenoxy) is 1. The van der Waals surface area contributed by atoms with Crippen LogP contribution in [0.1, 0.15) is 11.1 Å². The lowest BCUT2D eigenvalue weighted by Crippen LogP contribution is -2.36. The maximum Gasteiger partial charge on any atom is 0.330 e. The van der Waals surface area contributed by atoms with Gasteiger partial charge in [-0.15, -0.1) is 0 Å². The van der Waals surface area contributed by atoms with Crippen LogP contribution in [-0.4, -0.2) is 36.7 Å². The minimum atomic E-state index is -3.10. The van der Waals surface area contributed by atoms with Crippen molar-refractivity contribution in [3.63, 3.8) is 0 Å². The van der Waals surface area contributed by atoms with Crippen molar-refractivity contribution in [1.29, 1.82) is 0 Å². The molecule has 0 fully saturated rings. The van der Waals surface area contributed by atoms with E-state index in [0.717, 1.165) is 21.8 Å². The number of aromatic amines is 1. The van der Waals surface area contributed by atoms with E-state index in [9.17, 15) is 27.9 Å². The molecule has 0 spiro atoms. The second kappa shape index (κ2) is 9.18. The summed E-state index contributed by atoms with van der Waals surface area (Å²) in [5.41, 5.74) is 0.159. The van der Waals surface area contributed by atoms with Crippen LogP contribution < -0.4 is 16.0 Å². The number of alkyl halides is 2. The molecule has 1 atom stereocenters. The Morgan fingerprint density at radius 2 is 1.85 bits per heavy atom. The van der Waals surface area contributed by atoms with Crippen molar-refractivity contribution in [1.82, 2.24) is 19.1 Å². The Morgan fingerprint density at radius 3 is 2.50 bits per heavy atom. The Kier molecular flexibility index (Phi) is 6.29. The van der Waals surface area contributed by atoms with Crippen LogP contribution in [0.25, 0.3) is 22.6 Å². The average Bonchev–Trinajstić information content (AvgIpc) is 3.14. The molecule has 2 N–H and O–H groups in total. The van der Waals surface area contributed by atoms with Crippen LogP contribution in [-0.2, 0) is 20.2 Å². The molecule has 0 saturated heterocycles. The first-order valence-electron chi connectivity index (χ1n) is 10.3. The van der Waals surface area contributed by atoms with Crippen molar-refractivity contribution in [3.05, 3.63) is 80.2 Å². The summed E-state index contributed by atoms with van der Waals surface area (Å²) in [7, 11) is 1.47. The number of aryl methyl sites for hydroxylation is 2. The Morgan fingerprint density at radius 1 is 1.15 bits per heavy atom. The maximum absolute atomic E-state index is 14.8. The average molecular weight is 474 g/mol. The Hall–Kier alpha value is -3.86. The number of nitrogens with zero attached hydrogens (tertiary/aromatic N) is 3. The van der Waals surface area contributed by atoms with E-state index in [-0.39, 0.29) is 34.9 Å². The van der Waals surface area contributed by atoms with Gasteiger partial charge in [0.1, 0.15) is 18.5 Å². The molecule has 0 radical (unpaired) electrons. The molecule has 2 aromatic heterocycles. The van der Waals surface area contributed by atoms with Crippen LogP contribution in [0.5, 0.6) is 5.75 Å². The highest BCUT2D eigenvalue weighted by Gasteiger charge is 2.23. The fourth-order valence-corrected chi connectivity index (χ4v) is 3.54. The van der Waals surface area contributed by atoms with E-state index in [1.807, 2.05) is 36.2 Å². The summed E-state index contributed by atoms with van der Waals surface area (Å²) in [4.78, 5) is 30.8. The Labute approximate surface area is 190 Å². The number of hydrogen-bond donors (Lipinski definition) is 2. The van der Waals surface area contributed by atoms with E-state index in [1.54, 1.807) is 0 Å². The fraction of sp³-hybridized carbons (Fsp3) is 0.261. The van der Waals surface area contributed by atoms with Gasteiger partial charge < -0.3 is 14.4 Å². The number of imidazole rings is 1. The third-order valence-electron chi connectivity index (χ3n) is 5.38. The quantitative estimate of drug-likeness (QED) is 0.429. The number of hydrogen-bond acceptors (Lipinski definition) is 5. The van der Waals surface area contributed by atoms with E-state index in [0.29, 0.717) is 0 Å². The van der Waals surface area contributed by atoms with Crippen molar-refractivity contribution >= 4 is 11.2 Å². The molecule has 0 amide bonds. The van der Waals surface area contributed by atoms with Gasteiger partial charge in [0.25, 0.3) is 12.0 Å². The fourth-order valence-electron chi connectivity index (χ4n) is 3.54. The molecule has 34 heavy (non-hydrogen) atoms. The molecule has 0 aliphatic carbocycles. The second-order valence-electron chi connectivity index (χ2n) is 7.86. The number of H-pyrrole nitrogens is 1. The summed E-state index contributed by atoms with van der Waals surface area (Å²) in [6, 6.07) is 11.7. The molecule has 4 aromatic rings. The lowest BCUT2D eigenvalue weighted by Gasteiger charge is -2.11.